The van der Waals surface area contributed by atoms with E-state index in [9.17, 15) is 60.0 Å². The van der Waals surface area contributed by atoms with E-state index in [0.29, 0.717) is 12.1 Å². The number of rotatable bonds is 8. The maximum atomic E-state index is 12.2. The molecule has 234 valence electrons. The van der Waals surface area contributed by atoms with E-state index in [2.05, 4.69) is 20.5 Å². The molecule has 0 atom stereocenters. The van der Waals surface area contributed by atoms with Crippen molar-refractivity contribution >= 4 is 150 Å². The number of phenols is 2. The van der Waals surface area contributed by atoms with Crippen molar-refractivity contribution < 1.29 is 60.0 Å². The van der Waals surface area contributed by atoms with Crippen molar-refractivity contribution in [2.45, 2.75) is 9.79 Å². The smallest absolute Gasteiger partial charge is 0 e. The molecule has 0 bridgehead atoms. The van der Waals surface area contributed by atoms with E-state index >= 15 is 0 Å². The van der Waals surface area contributed by atoms with Gasteiger partial charge in [-0.25, -0.2) is 0 Å². The summed E-state index contributed by atoms with van der Waals surface area (Å²) in [6.45, 7) is 0. The number of nitrogens with zero attached hydrogens (tertiary/aromatic N) is 4. The minimum atomic E-state index is -5.61. The molecule has 4 aromatic carbocycles. The fourth-order valence-corrected chi connectivity index (χ4v) is 8.09. The van der Waals surface area contributed by atoms with Crippen molar-refractivity contribution in [3.05, 3.63) is 60.7 Å². The third-order valence-corrected chi connectivity index (χ3v) is 11.7. The van der Waals surface area contributed by atoms with Crippen molar-refractivity contribution in [3.63, 3.8) is 0 Å². The quantitative estimate of drug-likeness (QED) is 0.0656. The average Bonchev–Trinajstić information content (AvgIpc) is 2.89. The van der Waals surface area contributed by atoms with Gasteiger partial charge >= 0.3 is 253 Å². The van der Waals surface area contributed by atoms with Gasteiger partial charge in [-0.05, 0) is 0 Å². The minimum absolute atomic E-state index is 0. The van der Waals surface area contributed by atoms with Gasteiger partial charge in [-0.2, -0.15) is 0 Å². The molecule has 2 radical (unpaired) electrons. The molecule has 0 spiro atoms. The number of hydrogen-bond donors (Lipinski definition) is 8. The Balaban J connectivity index is 0.00000368. The largest absolute Gasteiger partial charge is 0 e. The van der Waals surface area contributed by atoms with E-state index in [4.69, 9.17) is 0 Å². The van der Waals surface area contributed by atoms with Gasteiger partial charge in [-0.15, -0.1) is 0 Å². The summed E-state index contributed by atoms with van der Waals surface area (Å²) in [5.74, 6) is -2.51. The zero-order chi connectivity index (χ0) is 32.8. The van der Waals surface area contributed by atoms with Gasteiger partial charge in [-0.3, -0.25) is 0 Å². The van der Waals surface area contributed by atoms with Crippen molar-refractivity contribution in [2.75, 3.05) is 0 Å². The van der Waals surface area contributed by atoms with Crippen molar-refractivity contribution in [2.24, 2.45) is 20.5 Å². The molecule has 4 rings (SSSR count). The van der Waals surface area contributed by atoms with Gasteiger partial charge < -0.3 is 0 Å². The predicted octanol–water partition coefficient (Wildman–Crippen LogP) is -0.0644. The SMILES string of the molecule is O=S(=O)(O)c1cc2cc(S(=O)(=O)O)c(N=Nc3ccccc3[As](=O)(O)O)c(O)c2c(O)c1N=Nc1ccccc1[As](=O)(O)O.[Na].[Na]. The Hall–Kier alpha value is -1.68. The summed E-state index contributed by atoms with van der Waals surface area (Å²) in [5.41, 5.74) is -3.04. The van der Waals surface area contributed by atoms with Crippen molar-refractivity contribution in [1.82, 2.24) is 0 Å². The molecule has 0 aliphatic carbocycles. The van der Waals surface area contributed by atoms with Crippen LogP contribution < -0.4 is 8.70 Å². The van der Waals surface area contributed by atoms with Crippen LogP contribution in [0.25, 0.3) is 10.8 Å². The standard InChI is InChI=1S/C22H18As2N4O14S2.2Na/c29-21-18-11(9-16(43(37,38)39)19(21)27-25-14-7-3-1-5-12(14)23(31,32)33)10-17(44(40,41)42)20(22(18)30)28-26-15-8-4-2-6-13(15)24(34,35)36;;/h1-10,29-30H,(H2,31,32,33)(H2,34,35,36)(H,37,38,39)(H,40,41,42);;. The number of benzene rings is 4. The van der Waals surface area contributed by atoms with Gasteiger partial charge in [0.15, 0.2) is 0 Å². The number of aromatic hydroxyl groups is 2. The summed E-state index contributed by atoms with van der Waals surface area (Å²) in [6.07, 6.45) is 0. The van der Waals surface area contributed by atoms with Gasteiger partial charge in [0.2, 0.25) is 0 Å². The van der Waals surface area contributed by atoms with Gasteiger partial charge in [-0.1, -0.05) is 0 Å². The molecule has 18 nitrogen and oxygen atoms in total. The Kier molecular flexibility index (Phi) is 13.1. The van der Waals surface area contributed by atoms with E-state index in [1.165, 1.54) is 24.3 Å². The molecule has 8 N–H and O–H groups in total. The Morgan fingerprint density at radius 1 is 0.565 bits per heavy atom. The number of phenolic OH excluding ortho intramolecular Hbond substituents is 2. The number of hydrogen-bond acceptors (Lipinski definition) is 12. The number of fused-ring (bicyclic) bond motifs is 1. The maximum Gasteiger partial charge on any atom is 0 e. The third-order valence-electron chi connectivity index (χ3n) is 5.71. The zero-order valence-corrected chi connectivity index (χ0v) is 32.7. The fourth-order valence-electron chi connectivity index (χ4n) is 3.85. The summed E-state index contributed by atoms with van der Waals surface area (Å²) in [4.78, 5) is -2.39. The van der Waals surface area contributed by atoms with Crippen LogP contribution >= 0.6 is 0 Å². The maximum absolute atomic E-state index is 12.2. The molecular weight excluding hydrogens is 804 g/mol. The minimum Gasteiger partial charge on any atom is 0 e. The first-order valence-electron chi connectivity index (χ1n) is 11.4. The van der Waals surface area contributed by atoms with E-state index in [0.717, 1.165) is 24.3 Å². The first-order valence-corrected chi connectivity index (χ1v) is 21.0. The van der Waals surface area contributed by atoms with Crippen LogP contribution in [0.15, 0.2) is 90.9 Å². The molecule has 0 fully saturated rings. The Labute approximate surface area is 309 Å². The first kappa shape index (κ1) is 40.5. The Morgan fingerprint density at radius 3 is 1.20 bits per heavy atom. The van der Waals surface area contributed by atoms with Crippen LogP contribution in [0.2, 0.25) is 0 Å². The summed E-state index contributed by atoms with van der Waals surface area (Å²) >= 11 is -11.2. The molecule has 0 aliphatic heterocycles. The van der Waals surface area contributed by atoms with Gasteiger partial charge in [0, 0.05) is 59.1 Å². The van der Waals surface area contributed by atoms with Crippen LogP contribution in [0.1, 0.15) is 0 Å². The molecule has 24 heteroatoms. The molecule has 0 aliphatic rings. The average molecular weight is 822 g/mol. The summed E-state index contributed by atoms with van der Waals surface area (Å²) in [6, 6.07) is 10.4. The molecular formula is C22H18As2N4Na2O14S2. The van der Waals surface area contributed by atoms with E-state index < -0.39 is 112 Å². The van der Waals surface area contributed by atoms with Crippen LogP contribution in [-0.4, -0.2) is 140 Å². The van der Waals surface area contributed by atoms with Gasteiger partial charge in [0.25, 0.3) is 0 Å². The molecule has 0 saturated carbocycles. The monoisotopic (exact) mass is 822 g/mol. The van der Waals surface area contributed by atoms with Crippen molar-refractivity contribution in [3.8, 4) is 11.5 Å². The summed E-state index contributed by atoms with van der Waals surface area (Å²) in [5, 5.41) is 34.9. The zero-order valence-electron chi connectivity index (χ0n) is 23.3. The Bertz CT molecular complexity index is 2070. The van der Waals surface area contributed by atoms with E-state index in [1.54, 1.807) is 0 Å². The van der Waals surface area contributed by atoms with E-state index in [1.807, 2.05) is 0 Å². The third kappa shape index (κ3) is 8.86. The van der Waals surface area contributed by atoms with Crippen LogP contribution in [-0.2, 0) is 27.7 Å². The first-order chi connectivity index (χ1) is 20.2. The van der Waals surface area contributed by atoms with Crippen LogP contribution in [0.4, 0.5) is 22.7 Å². The molecule has 0 heterocycles. The molecule has 46 heavy (non-hydrogen) atoms. The van der Waals surface area contributed by atoms with Crippen molar-refractivity contribution in [1.29, 1.82) is 0 Å². The fraction of sp³-hybridized carbons (Fsp3) is 0. The topological polar surface area (TPSA) is 314 Å². The second-order valence-electron chi connectivity index (χ2n) is 8.66. The van der Waals surface area contributed by atoms with Gasteiger partial charge in [0.05, 0.1) is 0 Å². The molecule has 0 unspecified atom stereocenters. The van der Waals surface area contributed by atoms with Crippen LogP contribution in [0, 0.1) is 0 Å². The second kappa shape index (κ2) is 14.8. The molecule has 4 aromatic rings. The molecule has 0 aromatic heterocycles. The Morgan fingerprint density at radius 2 is 0.891 bits per heavy atom. The molecule has 0 amide bonds. The van der Waals surface area contributed by atoms with E-state index in [-0.39, 0.29) is 59.1 Å². The summed E-state index contributed by atoms with van der Waals surface area (Å²) < 4.78 is 129. The molecule has 0 saturated heterocycles. The number of azo groups is 2. The van der Waals surface area contributed by atoms with Crippen LogP contribution in [0.5, 0.6) is 11.5 Å². The second-order valence-corrected chi connectivity index (χ2v) is 18.0. The predicted molar refractivity (Wildman–Crippen MR) is 161 cm³/mol. The van der Waals surface area contributed by atoms with Gasteiger partial charge in [0.1, 0.15) is 0 Å². The van der Waals surface area contributed by atoms with Crippen LogP contribution in [0.3, 0.4) is 0 Å². The normalized spacial score (nSPS) is 12.7. The summed E-state index contributed by atoms with van der Waals surface area (Å²) in [7, 11) is -10.6.